The molecule has 0 aliphatic rings. The van der Waals surface area contributed by atoms with Gasteiger partial charge in [-0.1, -0.05) is 6.92 Å². The normalized spacial score (nSPS) is 7.62. The van der Waals surface area contributed by atoms with E-state index in [1.54, 1.807) is 6.92 Å². The van der Waals surface area contributed by atoms with Gasteiger partial charge in [0, 0.05) is 54.1 Å². The summed E-state index contributed by atoms with van der Waals surface area (Å²) in [7, 11) is 0. The molecule has 4 heteroatoms. The van der Waals surface area contributed by atoms with E-state index in [0.717, 1.165) is 0 Å². The Labute approximate surface area is 75.6 Å². The summed E-state index contributed by atoms with van der Waals surface area (Å²) in [6.45, 7) is 1.79. The fraction of sp³-hybridized carbons (Fsp3) is 0.250. The minimum Gasteiger partial charge on any atom is -0.355 e. The summed E-state index contributed by atoms with van der Waals surface area (Å²) < 4.78 is 0. The Morgan fingerprint density at radius 2 is 2.38 bits per heavy atom. The van der Waals surface area contributed by atoms with Gasteiger partial charge in [0.2, 0.25) is 0 Å². The molecule has 0 atom stereocenters. The molecule has 39 valence electrons. The average molecular weight is 233 g/mol. The molecule has 1 rings (SSSR count). The van der Waals surface area contributed by atoms with Crippen molar-refractivity contribution in [2.24, 2.45) is 0 Å². The first-order chi connectivity index (χ1) is 3.39. The number of aromatic nitrogens is 3. The Morgan fingerprint density at radius 1 is 1.62 bits per heavy atom. The maximum atomic E-state index is 3.73. The molecule has 8 heavy (non-hydrogen) atoms. The molecule has 0 bridgehead atoms. The van der Waals surface area contributed by atoms with Gasteiger partial charge in [-0.05, 0) is 0 Å². The fourth-order valence-electron chi connectivity index (χ4n) is 0.268. The first-order valence-electron chi connectivity index (χ1n) is 1.91. The Kier molecular flexibility index (Phi) is 4.23. The van der Waals surface area contributed by atoms with E-state index in [1.807, 2.05) is 0 Å². The van der Waals surface area contributed by atoms with Gasteiger partial charge in [-0.3, -0.25) is 0 Å². The van der Waals surface area contributed by atoms with Gasteiger partial charge in [0.25, 0.3) is 0 Å². The summed E-state index contributed by atoms with van der Waals surface area (Å²) in [5, 5.41) is 0. The van der Waals surface area contributed by atoms with E-state index < -0.39 is 0 Å². The van der Waals surface area contributed by atoms with Crippen LogP contribution in [0.15, 0.2) is 6.33 Å². The first kappa shape index (κ1) is 8.20. The summed E-state index contributed by atoms with van der Waals surface area (Å²) in [5.41, 5.74) is 0. The molecular formula is C4H4LaN3-. The van der Waals surface area contributed by atoms with E-state index in [0.29, 0.717) is 5.82 Å². The van der Waals surface area contributed by atoms with Crippen LogP contribution in [-0.2, 0) is 0 Å². The van der Waals surface area contributed by atoms with Gasteiger partial charge >= 0.3 is 0 Å². The van der Waals surface area contributed by atoms with E-state index in [9.17, 15) is 0 Å². The van der Waals surface area contributed by atoms with Gasteiger partial charge in [0.15, 0.2) is 0 Å². The van der Waals surface area contributed by atoms with E-state index in [-0.39, 0.29) is 35.6 Å². The predicted octanol–water partition coefficient (Wildman–Crippen LogP) is -0.0198. The molecule has 0 amide bonds. The Morgan fingerprint density at radius 3 is 2.62 bits per heavy atom. The molecule has 0 fully saturated rings. The Hall–Kier alpha value is 0.205. The first-order valence-corrected chi connectivity index (χ1v) is 1.91. The smallest absolute Gasteiger partial charge is 0.0244 e. The molecule has 0 spiro atoms. The van der Waals surface area contributed by atoms with Crippen LogP contribution in [0.1, 0.15) is 5.82 Å². The van der Waals surface area contributed by atoms with Gasteiger partial charge < -0.3 is 15.0 Å². The fourth-order valence-corrected chi connectivity index (χ4v) is 0.268. The van der Waals surface area contributed by atoms with Gasteiger partial charge in [-0.25, -0.2) is 0 Å². The van der Waals surface area contributed by atoms with Crippen molar-refractivity contribution in [1.29, 1.82) is 0 Å². The zero-order valence-corrected chi connectivity index (χ0v) is 8.12. The molecule has 0 aliphatic heterocycles. The predicted molar refractivity (Wildman–Crippen MR) is 23.4 cm³/mol. The molecule has 3 nitrogen and oxygen atoms in total. The van der Waals surface area contributed by atoms with Gasteiger partial charge in [0.1, 0.15) is 0 Å². The third-order valence-electron chi connectivity index (χ3n) is 0.572. The zero-order chi connectivity index (χ0) is 5.11. The van der Waals surface area contributed by atoms with Crippen LogP contribution in [0.4, 0.5) is 0 Å². The van der Waals surface area contributed by atoms with Crippen molar-refractivity contribution in [2.45, 2.75) is 6.92 Å². The van der Waals surface area contributed by atoms with Crippen molar-refractivity contribution >= 4 is 0 Å². The van der Waals surface area contributed by atoms with Crippen LogP contribution >= 0.6 is 0 Å². The number of hydrogen-bond acceptors (Lipinski definition) is 3. The molecule has 1 radical (unpaired) electrons. The number of aryl methyl sites for hydroxylation is 1. The molecular weight excluding hydrogens is 229 g/mol. The molecule has 0 aromatic carbocycles. The van der Waals surface area contributed by atoms with Crippen LogP contribution in [0.25, 0.3) is 0 Å². The second-order valence-electron chi connectivity index (χ2n) is 1.13. The zero-order valence-electron chi connectivity index (χ0n) is 4.50. The largest absolute Gasteiger partial charge is 0.355 e. The van der Waals surface area contributed by atoms with Crippen molar-refractivity contribution in [3.05, 3.63) is 18.5 Å². The molecule has 0 unspecified atom stereocenters. The quantitative estimate of drug-likeness (QED) is 0.591. The van der Waals surface area contributed by atoms with E-state index in [1.165, 1.54) is 6.33 Å². The summed E-state index contributed by atoms with van der Waals surface area (Å²) in [6.07, 6.45) is 3.82. The molecule has 0 aliphatic carbocycles. The maximum absolute atomic E-state index is 3.73. The van der Waals surface area contributed by atoms with Crippen LogP contribution in [0, 0.1) is 48.8 Å². The van der Waals surface area contributed by atoms with Crippen LogP contribution in [0.5, 0.6) is 0 Å². The van der Waals surface area contributed by atoms with Gasteiger partial charge in [-0.15, -0.1) is 0 Å². The van der Waals surface area contributed by atoms with Crippen molar-refractivity contribution in [1.82, 2.24) is 15.0 Å². The average Bonchev–Trinajstić information content (AvgIpc) is 1.69. The Balaban J connectivity index is 0.000000490. The molecule has 0 saturated heterocycles. The maximum Gasteiger partial charge on any atom is 0.0244 e. The second kappa shape index (κ2) is 4.12. The monoisotopic (exact) mass is 233 g/mol. The molecule has 0 saturated carbocycles. The molecule has 1 aromatic rings. The second-order valence-corrected chi connectivity index (χ2v) is 1.13. The van der Waals surface area contributed by atoms with Crippen molar-refractivity contribution in [2.75, 3.05) is 0 Å². The van der Waals surface area contributed by atoms with Crippen LogP contribution in [0.3, 0.4) is 0 Å². The minimum absolute atomic E-state index is 0. The van der Waals surface area contributed by atoms with E-state index in [4.69, 9.17) is 0 Å². The van der Waals surface area contributed by atoms with Crippen molar-refractivity contribution < 1.29 is 35.6 Å². The van der Waals surface area contributed by atoms with Crippen LogP contribution < -0.4 is 0 Å². The summed E-state index contributed by atoms with van der Waals surface area (Å²) in [6, 6.07) is 0. The van der Waals surface area contributed by atoms with Gasteiger partial charge in [0.05, 0.1) is 0 Å². The minimum atomic E-state index is 0. The number of rotatable bonds is 0. The van der Waals surface area contributed by atoms with E-state index >= 15 is 0 Å². The molecule has 1 heterocycles. The summed E-state index contributed by atoms with van der Waals surface area (Å²) in [5.74, 6) is 0.704. The standard InChI is InChI=1S/C4H4N3.La/c1-4-6-2-5-3-7-4;/h2H,1H3;/q-1;. The van der Waals surface area contributed by atoms with Crippen LogP contribution in [-0.4, -0.2) is 15.0 Å². The summed E-state index contributed by atoms with van der Waals surface area (Å²) in [4.78, 5) is 10.9. The number of nitrogens with zero attached hydrogens (tertiary/aromatic N) is 3. The Bertz CT molecular complexity index is 141. The molecule has 1 aromatic heterocycles. The topological polar surface area (TPSA) is 38.7 Å². The SMILES string of the molecule is Cc1n[c-]ncn1.[La]. The number of hydrogen-bond donors (Lipinski definition) is 0. The third-order valence-corrected chi connectivity index (χ3v) is 0.572. The molecule has 0 N–H and O–H groups in total. The third kappa shape index (κ3) is 2.50. The van der Waals surface area contributed by atoms with Crippen LogP contribution in [0.2, 0.25) is 0 Å². The summed E-state index contributed by atoms with van der Waals surface area (Å²) >= 11 is 0. The van der Waals surface area contributed by atoms with E-state index in [2.05, 4.69) is 21.3 Å². The van der Waals surface area contributed by atoms with Gasteiger partial charge in [-0.2, -0.15) is 0 Å². The van der Waals surface area contributed by atoms with Crippen molar-refractivity contribution in [3.8, 4) is 0 Å². The van der Waals surface area contributed by atoms with Crippen molar-refractivity contribution in [3.63, 3.8) is 0 Å².